The van der Waals surface area contributed by atoms with Gasteiger partial charge in [-0.05, 0) is 44.4 Å². The molecular weight excluding hydrogens is 522 g/mol. The highest BCUT2D eigenvalue weighted by Gasteiger charge is 2.23. The minimum atomic E-state index is -1.16. The highest BCUT2D eigenvalue weighted by molar-refractivity contribution is 6.12. The third-order valence-electron chi connectivity index (χ3n) is 5.95. The molecule has 3 atom stereocenters. The Kier molecular flexibility index (Phi) is 12.9. The van der Waals surface area contributed by atoms with Crippen LogP contribution in [0.15, 0.2) is 36.4 Å². The molecule has 13 heteroatoms. The Morgan fingerprint density at radius 2 is 1.62 bits per heavy atom. The lowest BCUT2D eigenvalue weighted by Crippen LogP contribution is -2.50. The number of hydrogen-bond donors (Lipinski definition) is 5. The first-order chi connectivity index (χ1) is 19.0. The third kappa shape index (κ3) is 11.3. The van der Waals surface area contributed by atoms with Crippen LogP contribution in [-0.2, 0) is 40.1 Å². The molecule has 1 aromatic carbocycles. The van der Waals surface area contributed by atoms with Crippen molar-refractivity contribution in [3.63, 3.8) is 0 Å². The summed E-state index contributed by atoms with van der Waals surface area (Å²) in [5.41, 5.74) is 6.65. The van der Waals surface area contributed by atoms with Crippen molar-refractivity contribution in [3.8, 4) is 0 Å². The highest BCUT2D eigenvalue weighted by atomic mass is 16.5. The Morgan fingerprint density at radius 1 is 0.975 bits per heavy atom. The molecule has 0 radical (unpaired) electrons. The second-order valence-corrected chi connectivity index (χ2v) is 9.58. The number of imide groups is 1. The van der Waals surface area contributed by atoms with Crippen molar-refractivity contribution < 1.29 is 38.6 Å². The van der Waals surface area contributed by atoms with E-state index in [1.807, 2.05) is 0 Å². The van der Waals surface area contributed by atoms with Gasteiger partial charge in [-0.25, -0.2) is 0 Å². The number of rotatable bonds is 17. The average Bonchev–Trinajstić information content (AvgIpc) is 3.22. The molecule has 1 heterocycles. The first kappa shape index (κ1) is 32.1. The molecule has 0 fully saturated rings. The van der Waals surface area contributed by atoms with E-state index in [1.54, 1.807) is 38.1 Å². The maximum absolute atomic E-state index is 12.7. The third-order valence-corrected chi connectivity index (χ3v) is 5.95. The predicted octanol–water partition coefficient (Wildman–Crippen LogP) is 0.439. The summed E-state index contributed by atoms with van der Waals surface area (Å²) in [5.74, 6) is -3.08. The number of nitrogens with two attached hydrogens (primary N) is 1. The number of nitrogens with one attached hydrogen (secondary N) is 3. The summed E-state index contributed by atoms with van der Waals surface area (Å²) in [6.45, 7) is 3.77. The minimum absolute atomic E-state index is 0.0454. The van der Waals surface area contributed by atoms with Crippen LogP contribution in [0.2, 0.25) is 0 Å². The molecule has 2 rings (SSSR count). The predicted molar refractivity (Wildman–Crippen MR) is 144 cm³/mol. The highest BCUT2D eigenvalue weighted by Crippen LogP contribution is 2.13. The number of nitrogens with zero attached hydrogens (tertiary/aromatic N) is 1. The SMILES string of the molecule is CC(CNC(CC(=O)O)C(=O)Nc1ccc(COC(=O)CCCCCN2C(=O)C=CC2=O)cc1)NC(=O)C(C)N. The smallest absolute Gasteiger partial charge is 0.306 e. The van der Waals surface area contributed by atoms with Gasteiger partial charge in [-0.1, -0.05) is 18.6 Å². The van der Waals surface area contributed by atoms with Gasteiger partial charge in [-0.2, -0.15) is 0 Å². The van der Waals surface area contributed by atoms with Crippen molar-refractivity contribution in [2.75, 3.05) is 18.4 Å². The van der Waals surface area contributed by atoms with E-state index in [4.69, 9.17) is 10.5 Å². The van der Waals surface area contributed by atoms with Gasteiger partial charge in [0.2, 0.25) is 11.8 Å². The van der Waals surface area contributed by atoms with Crippen molar-refractivity contribution in [1.29, 1.82) is 0 Å². The summed E-state index contributed by atoms with van der Waals surface area (Å²) in [5, 5.41) is 17.4. The maximum Gasteiger partial charge on any atom is 0.306 e. The van der Waals surface area contributed by atoms with Gasteiger partial charge in [0, 0.05) is 43.4 Å². The molecule has 218 valence electrons. The van der Waals surface area contributed by atoms with Gasteiger partial charge in [0.1, 0.15) is 6.61 Å². The molecule has 1 aliphatic rings. The van der Waals surface area contributed by atoms with Crippen LogP contribution in [-0.4, -0.2) is 76.8 Å². The van der Waals surface area contributed by atoms with E-state index < -0.39 is 30.4 Å². The molecule has 1 aliphatic heterocycles. The van der Waals surface area contributed by atoms with E-state index >= 15 is 0 Å². The number of carboxylic acid groups (broad SMARTS) is 1. The van der Waals surface area contributed by atoms with E-state index in [0.29, 0.717) is 37.1 Å². The first-order valence-corrected chi connectivity index (χ1v) is 13.1. The van der Waals surface area contributed by atoms with Gasteiger partial charge in [0.05, 0.1) is 18.5 Å². The molecule has 0 aromatic heterocycles. The number of carbonyl (C=O) groups is 6. The number of ether oxygens (including phenoxy) is 1. The Balaban J connectivity index is 1.72. The van der Waals surface area contributed by atoms with Crippen LogP contribution in [0, 0.1) is 0 Å². The molecule has 0 aliphatic carbocycles. The topological polar surface area (TPSA) is 197 Å². The van der Waals surface area contributed by atoms with Gasteiger partial charge in [-0.15, -0.1) is 0 Å². The molecule has 6 N–H and O–H groups in total. The van der Waals surface area contributed by atoms with Crippen molar-refractivity contribution in [1.82, 2.24) is 15.5 Å². The van der Waals surface area contributed by atoms with Crippen LogP contribution >= 0.6 is 0 Å². The van der Waals surface area contributed by atoms with E-state index in [9.17, 15) is 33.9 Å². The maximum atomic E-state index is 12.7. The van der Waals surface area contributed by atoms with E-state index in [2.05, 4.69) is 16.0 Å². The van der Waals surface area contributed by atoms with Gasteiger partial charge >= 0.3 is 11.9 Å². The van der Waals surface area contributed by atoms with E-state index in [-0.39, 0.29) is 49.3 Å². The summed E-state index contributed by atoms with van der Waals surface area (Å²) >= 11 is 0. The number of carboxylic acids is 1. The normalized spacial score (nSPS) is 14.9. The first-order valence-electron chi connectivity index (χ1n) is 13.1. The zero-order valence-corrected chi connectivity index (χ0v) is 22.7. The molecule has 3 unspecified atom stereocenters. The fourth-order valence-corrected chi connectivity index (χ4v) is 3.69. The fourth-order valence-electron chi connectivity index (χ4n) is 3.69. The van der Waals surface area contributed by atoms with Crippen molar-refractivity contribution in [2.45, 2.75) is 70.7 Å². The number of hydrogen-bond acceptors (Lipinski definition) is 9. The van der Waals surface area contributed by atoms with Crippen molar-refractivity contribution >= 4 is 41.3 Å². The number of aliphatic carboxylic acids is 1. The zero-order valence-electron chi connectivity index (χ0n) is 22.7. The average molecular weight is 560 g/mol. The lowest BCUT2D eigenvalue weighted by atomic mass is 10.1. The molecular formula is C27H37N5O8. The van der Waals surface area contributed by atoms with Gasteiger partial charge < -0.3 is 31.5 Å². The Labute approximate surface area is 232 Å². The number of carbonyl (C=O) groups excluding carboxylic acids is 5. The summed E-state index contributed by atoms with van der Waals surface area (Å²) in [6, 6.07) is 4.45. The molecule has 1 aromatic rings. The summed E-state index contributed by atoms with van der Waals surface area (Å²) in [6.07, 6.45) is 4.06. The number of benzene rings is 1. The molecule has 4 amide bonds. The second kappa shape index (κ2) is 16.1. The number of amides is 4. The van der Waals surface area contributed by atoms with Crippen LogP contribution in [0.4, 0.5) is 5.69 Å². The number of unbranched alkanes of at least 4 members (excludes halogenated alkanes) is 2. The number of esters is 1. The standard InChI is InChI=1S/C27H37N5O8/c1-17(30-26(38)18(2)28)15-29-21(14-24(35)36)27(39)31-20-9-7-19(8-10-20)16-40-25(37)6-4-3-5-13-32-22(33)11-12-23(32)34/h7-12,17-18,21,29H,3-6,13-16,28H2,1-2H3,(H,30,38)(H,31,39)(H,35,36). The fraction of sp³-hybridized carbons (Fsp3) is 0.481. The Bertz CT molecular complexity index is 1080. The minimum Gasteiger partial charge on any atom is -0.481 e. The molecule has 0 saturated carbocycles. The van der Waals surface area contributed by atoms with Crippen LogP contribution in [0.3, 0.4) is 0 Å². The van der Waals surface area contributed by atoms with Gasteiger partial charge in [0.25, 0.3) is 11.8 Å². The summed E-state index contributed by atoms with van der Waals surface area (Å²) in [7, 11) is 0. The van der Waals surface area contributed by atoms with Crippen LogP contribution in [0.5, 0.6) is 0 Å². The lowest BCUT2D eigenvalue weighted by molar-refractivity contribution is -0.145. The quantitative estimate of drug-likeness (QED) is 0.101. The second-order valence-electron chi connectivity index (χ2n) is 9.58. The van der Waals surface area contributed by atoms with Crippen LogP contribution in [0.1, 0.15) is 51.5 Å². The van der Waals surface area contributed by atoms with Crippen LogP contribution in [0.25, 0.3) is 0 Å². The van der Waals surface area contributed by atoms with Gasteiger partial charge in [-0.3, -0.25) is 33.7 Å². The molecule has 0 spiro atoms. The molecule has 0 saturated heterocycles. The molecule has 13 nitrogen and oxygen atoms in total. The molecule has 40 heavy (non-hydrogen) atoms. The summed E-state index contributed by atoms with van der Waals surface area (Å²) in [4.78, 5) is 71.8. The summed E-state index contributed by atoms with van der Waals surface area (Å²) < 4.78 is 5.27. The van der Waals surface area contributed by atoms with Crippen molar-refractivity contribution in [2.24, 2.45) is 5.73 Å². The largest absolute Gasteiger partial charge is 0.481 e. The van der Waals surface area contributed by atoms with E-state index in [1.165, 1.54) is 17.1 Å². The van der Waals surface area contributed by atoms with Gasteiger partial charge in [0.15, 0.2) is 0 Å². The zero-order chi connectivity index (χ0) is 29.7. The monoisotopic (exact) mass is 559 g/mol. The number of anilines is 1. The Hall–Kier alpha value is -4.10. The molecule has 0 bridgehead atoms. The van der Waals surface area contributed by atoms with Crippen LogP contribution < -0.4 is 21.7 Å². The van der Waals surface area contributed by atoms with E-state index in [0.717, 1.165) is 0 Å². The van der Waals surface area contributed by atoms with Crippen molar-refractivity contribution in [3.05, 3.63) is 42.0 Å². The lowest BCUT2D eigenvalue weighted by Gasteiger charge is -2.21. The Morgan fingerprint density at radius 3 is 2.23 bits per heavy atom.